The number of ether oxygens (including phenoxy) is 3. The highest BCUT2D eigenvalue weighted by Crippen LogP contribution is 2.17. The second-order valence-electron chi connectivity index (χ2n) is 7.29. The lowest BCUT2D eigenvalue weighted by atomic mass is 10.1. The molecule has 0 fully saturated rings. The average Bonchev–Trinajstić information content (AvgIpc) is 2.75. The summed E-state index contributed by atoms with van der Waals surface area (Å²) in [7, 11) is 2.53. The normalized spacial score (nSPS) is 10.6. The minimum absolute atomic E-state index is 0.0279. The van der Waals surface area contributed by atoms with Gasteiger partial charge in [0.05, 0.1) is 20.8 Å². The number of hydrogen-bond donors (Lipinski definition) is 0. The van der Waals surface area contributed by atoms with Crippen molar-refractivity contribution < 1.29 is 23.8 Å². The lowest BCUT2D eigenvalue weighted by molar-refractivity contribution is 0.0584. The van der Waals surface area contributed by atoms with Gasteiger partial charge in [0.2, 0.25) is 0 Å². The molecule has 6 nitrogen and oxygen atoms in total. The van der Waals surface area contributed by atoms with E-state index in [2.05, 4.69) is 21.4 Å². The number of carbonyl (C=O) groups is 2. The van der Waals surface area contributed by atoms with Crippen molar-refractivity contribution in [1.82, 2.24) is 4.98 Å². The molecule has 0 bridgehead atoms. The first-order valence-corrected chi connectivity index (χ1v) is 10.9. The van der Waals surface area contributed by atoms with Crippen LogP contribution in [0.15, 0.2) is 12.1 Å². The Kier molecular flexibility index (Phi) is 13.6. The van der Waals surface area contributed by atoms with Gasteiger partial charge in [-0.1, -0.05) is 77.6 Å². The van der Waals surface area contributed by atoms with Gasteiger partial charge in [0, 0.05) is 12.1 Å². The fraction of sp³-hybridized carbons (Fsp3) is 0.696. The molecule has 0 aliphatic carbocycles. The van der Waals surface area contributed by atoms with Crippen LogP contribution in [-0.4, -0.2) is 37.7 Å². The lowest BCUT2D eigenvalue weighted by Gasteiger charge is -2.09. The van der Waals surface area contributed by atoms with Gasteiger partial charge in [-0.15, -0.1) is 0 Å². The van der Waals surface area contributed by atoms with Crippen molar-refractivity contribution in [2.45, 2.75) is 84.0 Å². The Hall–Kier alpha value is -2.11. The summed E-state index contributed by atoms with van der Waals surface area (Å²) in [6.45, 7) is 2.78. The van der Waals surface area contributed by atoms with E-state index in [1.54, 1.807) is 0 Å². The molecule has 0 atom stereocenters. The maximum absolute atomic E-state index is 11.7. The van der Waals surface area contributed by atoms with E-state index in [1.165, 1.54) is 90.6 Å². The fourth-order valence-electron chi connectivity index (χ4n) is 3.14. The van der Waals surface area contributed by atoms with E-state index in [0.29, 0.717) is 12.4 Å². The van der Waals surface area contributed by atoms with Crippen LogP contribution in [0.1, 0.15) is 105 Å². The van der Waals surface area contributed by atoms with Crippen LogP contribution in [0.25, 0.3) is 0 Å². The number of carbonyl (C=O) groups excluding carboxylic acids is 2. The summed E-state index contributed by atoms with van der Waals surface area (Å²) in [5, 5.41) is 0. The maximum atomic E-state index is 11.7. The van der Waals surface area contributed by atoms with E-state index < -0.39 is 11.9 Å². The Balaban J connectivity index is 2.22. The second-order valence-corrected chi connectivity index (χ2v) is 7.29. The standard InChI is InChI=1S/C23H37NO5/c1-4-5-6-7-8-9-10-11-12-13-14-15-16-29-19-17-20(22(25)27-2)24-21(18-19)23(26)28-3/h17-18H,4-16H2,1-3H3. The van der Waals surface area contributed by atoms with Crippen LogP contribution in [0.3, 0.4) is 0 Å². The van der Waals surface area contributed by atoms with Crippen molar-refractivity contribution in [3.05, 3.63) is 23.5 Å². The molecule has 1 rings (SSSR count). The summed E-state index contributed by atoms with van der Waals surface area (Å²) in [5.74, 6) is -0.819. The number of rotatable bonds is 16. The predicted molar refractivity (Wildman–Crippen MR) is 113 cm³/mol. The Morgan fingerprint density at radius 2 is 1.14 bits per heavy atom. The number of aromatic nitrogens is 1. The van der Waals surface area contributed by atoms with Crippen LogP contribution in [0.4, 0.5) is 0 Å². The Morgan fingerprint density at radius 1 is 0.724 bits per heavy atom. The summed E-state index contributed by atoms with van der Waals surface area (Å²) in [4.78, 5) is 27.4. The number of nitrogens with zero attached hydrogens (tertiary/aromatic N) is 1. The van der Waals surface area contributed by atoms with Gasteiger partial charge in [-0.3, -0.25) is 0 Å². The third-order valence-electron chi connectivity index (χ3n) is 4.85. The monoisotopic (exact) mass is 407 g/mol. The Bertz CT molecular complexity index is 569. The lowest BCUT2D eigenvalue weighted by Crippen LogP contribution is -2.12. The second kappa shape index (κ2) is 15.8. The summed E-state index contributed by atoms with van der Waals surface area (Å²) in [5.41, 5.74) is 0.0557. The Labute approximate surface area is 175 Å². The van der Waals surface area contributed by atoms with Crippen molar-refractivity contribution >= 4 is 11.9 Å². The molecule has 0 radical (unpaired) electrons. The van der Waals surface area contributed by atoms with Crippen molar-refractivity contribution in [2.24, 2.45) is 0 Å². The van der Waals surface area contributed by atoms with Gasteiger partial charge in [-0.05, 0) is 6.42 Å². The van der Waals surface area contributed by atoms with Crippen LogP contribution in [0.5, 0.6) is 5.75 Å². The molecule has 164 valence electrons. The number of esters is 2. The molecular formula is C23H37NO5. The van der Waals surface area contributed by atoms with Crippen molar-refractivity contribution in [2.75, 3.05) is 20.8 Å². The summed E-state index contributed by atoms with van der Waals surface area (Å²) < 4.78 is 15.1. The fourth-order valence-corrected chi connectivity index (χ4v) is 3.14. The molecule has 0 aromatic carbocycles. The van der Waals surface area contributed by atoms with E-state index in [4.69, 9.17) is 4.74 Å². The first kappa shape index (κ1) is 24.9. The van der Waals surface area contributed by atoms with Crippen LogP contribution in [0, 0.1) is 0 Å². The van der Waals surface area contributed by atoms with E-state index in [9.17, 15) is 9.59 Å². The minimum atomic E-state index is -0.619. The Morgan fingerprint density at radius 3 is 1.55 bits per heavy atom. The highest BCUT2D eigenvalue weighted by Gasteiger charge is 2.16. The third-order valence-corrected chi connectivity index (χ3v) is 4.85. The highest BCUT2D eigenvalue weighted by atomic mass is 16.5. The molecule has 1 aromatic rings. The zero-order valence-electron chi connectivity index (χ0n) is 18.3. The van der Waals surface area contributed by atoms with Crippen LogP contribution in [0.2, 0.25) is 0 Å². The SMILES string of the molecule is CCCCCCCCCCCCCCOc1cc(C(=O)OC)nc(C(=O)OC)c1. The van der Waals surface area contributed by atoms with E-state index >= 15 is 0 Å². The molecule has 0 saturated heterocycles. The average molecular weight is 408 g/mol. The predicted octanol–water partition coefficient (Wildman–Crippen LogP) is 5.73. The van der Waals surface area contributed by atoms with Gasteiger partial charge in [-0.2, -0.15) is 0 Å². The largest absolute Gasteiger partial charge is 0.493 e. The molecule has 0 amide bonds. The molecule has 0 spiro atoms. The molecule has 0 N–H and O–H groups in total. The summed E-state index contributed by atoms with van der Waals surface area (Å²) in [6, 6.07) is 2.97. The minimum Gasteiger partial charge on any atom is -0.493 e. The first-order chi connectivity index (χ1) is 14.1. The molecule has 6 heteroatoms. The van der Waals surface area contributed by atoms with Gasteiger partial charge in [0.15, 0.2) is 11.4 Å². The van der Waals surface area contributed by atoms with Crippen molar-refractivity contribution in [3.63, 3.8) is 0 Å². The van der Waals surface area contributed by atoms with Crippen LogP contribution in [-0.2, 0) is 9.47 Å². The summed E-state index contributed by atoms with van der Waals surface area (Å²) in [6.07, 6.45) is 15.3. The molecule has 0 saturated carbocycles. The number of pyridine rings is 1. The van der Waals surface area contributed by atoms with Gasteiger partial charge >= 0.3 is 11.9 Å². The first-order valence-electron chi connectivity index (χ1n) is 10.9. The third kappa shape index (κ3) is 10.9. The quantitative estimate of drug-likeness (QED) is 0.257. The maximum Gasteiger partial charge on any atom is 0.356 e. The highest BCUT2D eigenvalue weighted by molar-refractivity contribution is 5.92. The van der Waals surface area contributed by atoms with E-state index in [1.807, 2.05) is 0 Å². The molecular weight excluding hydrogens is 370 g/mol. The molecule has 0 unspecified atom stereocenters. The van der Waals surface area contributed by atoms with Crippen molar-refractivity contribution in [1.29, 1.82) is 0 Å². The zero-order valence-corrected chi connectivity index (χ0v) is 18.3. The van der Waals surface area contributed by atoms with Crippen LogP contribution < -0.4 is 4.74 Å². The molecule has 1 aromatic heterocycles. The topological polar surface area (TPSA) is 74.7 Å². The number of hydrogen-bond acceptors (Lipinski definition) is 6. The van der Waals surface area contributed by atoms with E-state index in [-0.39, 0.29) is 11.4 Å². The molecule has 1 heterocycles. The van der Waals surface area contributed by atoms with E-state index in [0.717, 1.165) is 12.8 Å². The van der Waals surface area contributed by atoms with Gasteiger partial charge in [0.25, 0.3) is 0 Å². The smallest absolute Gasteiger partial charge is 0.356 e. The molecule has 0 aliphatic rings. The van der Waals surface area contributed by atoms with Gasteiger partial charge in [0.1, 0.15) is 5.75 Å². The number of unbranched alkanes of at least 4 members (excludes halogenated alkanes) is 11. The molecule has 29 heavy (non-hydrogen) atoms. The molecule has 0 aliphatic heterocycles. The van der Waals surface area contributed by atoms with Gasteiger partial charge in [-0.25, -0.2) is 14.6 Å². The van der Waals surface area contributed by atoms with Gasteiger partial charge < -0.3 is 14.2 Å². The van der Waals surface area contributed by atoms with Crippen molar-refractivity contribution in [3.8, 4) is 5.75 Å². The summed E-state index contributed by atoms with van der Waals surface area (Å²) >= 11 is 0. The number of methoxy groups -OCH3 is 2. The zero-order chi connectivity index (χ0) is 21.3. The van der Waals surface area contributed by atoms with Crippen LogP contribution >= 0.6 is 0 Å².